The average Bonchev–Trinajstić information content (AvgIpc) is 3.27. The zero-order chi connectivity index (χ0) is 16.7. The van der Waals surface area contributed by atoms with Gasteiger partial charge in [0.1, 0.15) is 12.1 Å². The fourth-order valence-corrected chi connectivity index (χ4v) is 3.33. The van der Waals surface area contributed by atoms with Gasteiger partial charge in [-0.2, -0.15) is 0 Å². The number of amides is 1. The molecule has 0 aliphatic carbocycles. The van der Waals surface area contributed by atoms with E-state index in [9.17, 15) is 14.3 Å². The predicted octanol–water partition coefficient (Wildman–Crippen LogP) is 1.58. The molecule has 3 heterocycles. The van der Waals surface area contributed by atoms with Crippen LogP contribution < -0.4 is 4.90 Å². The highest BCUT2D eigenvalue weighted by atomic mass is 19.1. The molecule has 1 N–H and O–H groups in total. The highest BCUT2D eigenvalue weighted by molar-refractivity contribution is 6.05. The third-order valence-corrected chi connectivity index (χ3v) is 4.57. The minimum Gasteiger partial charge on any atom is -0.447 e. The Labute approximate surface area is 138 Å². The third kappa shape index (κ3) is 2.81. The van der Waals surface area contributed by atoms with Crippen LogP contribution in [-0.4, -0.2) is 46.6 Å². The van der Waals surface area contributed by atoms with Gasteiger partial charge in [-0.25, -0.2) is 9.37 Å². The lowest BCUT2D eigenvalue weighted by Crippen LogP contribution is -2.29. The largest absolute Gasteiger partial charge is 0.447 e. The summed E-state index contributed by atoms with van der Waals surface area (Å²) >= 11 is 0. The summed E-state index contributed by atoms with van der Waals surface area (Å²) in [7, 11) is 0. The van der Waals surface area contributed by atoms with Gasteiger partial charge in [0, 0.05) is 19.6 Å². The normalized spacial score (nSPS) is 20.6. The van der Waals surface area contributed by atoms with Gasteiger partial charge in [-0.05, 0) is 30.5 Å². The number of β-amino-alcohol motifs (C(OH)–C–C–N with tert-alkyl or cyclic N) is 1. The molecule has 4 rings (SSSR count). The van der Waals surface area contributed by atoms with Gasteiger partial charge in [0.15, 0.2) is 5.69 Å². The van der Waals surface area contributed by atoms with Crippen LogP contribution in [0.5, 0.6) is 0 Å². The van der Waals surface area contributed by atoms with E-state index in [2.05, 4.69) is 4.98 Å². The molecule has 2 aliphatic rings. The van der Waals surface area contributed by atoms with Crippen LogP contribution in [0.4, 0.5) is 10.1 Å². The minimum atomic E-state index is -0.359. The topological polar surface area (TPSA) is 69.8 Å². The van der Waals surface area contributed by atoms with E-state index < -0.39 is 0 Å². The number of halogens is 1. The van der Waals surface area contributed by atoms with Crippen LogP contribution in [0, 0.1) is 5.82 Å². The Balaban J connectivity index is 1.49. The van der Waals surface area contributed by atoms with Gasteiger partial charge in [-0.3, -0.25) is 9.69 Å². The molecule has 6 nitrogen and oxygen atoms in total. The Morgan fingerprint density at radius 3 is 3.08 bits per heavy atom. The fraction of sp³-hybridized carbons (Fsp3) is 0.412. The maximum atomic E-state index is 13.5. The molecule has 1 aromatic carbocycles. The number of hydrogen-bond donors (Lipinski definition) is 1. The number of carbonyl (C=O) groups excluding carboxylic acids is 1. The van der Waals surface area contributed by atoms with E-state index in [-0.39, 0.29) is 23.5 Å². The molecule has 126 valence electrons. The number of hydrogen-bond acceptors (Lipinski definition) is 5. The highest BCUT2D eigenvalue weighted by Crippen LogP contribution is 2.30. The summed E-state index contributed by atoms with van der Waals surface area (Å²) < 4.78 is 18.9. The molecule has 2 aromatic rings. The molecular weight excluding hydrogens is 313 g/mol. The van der Waals surface area contributed by atoms with Gasteiger partial charge < -0.3 is 14.4 Å². The van der Waals surface area contributed by atoms with Gasteiger partial charge in [0.05, 0.1) is 18.3 Å². The van der Waals surface area contributed by atoms with Crippen molar-refractivity contribution in [1.29, 1.82) is 0 Å². The second kappa shape index (κ2) is 5.99. The van der Waals surface area contributed by atoms with Crippen LogP contribution in [0.3, 0.4) is 0 Å². The first-order valence-electron chi connectivity index (χ1n) is 8.05. The number of aliphatic hydroxyl groups is 1. The molecule has 0 bridgehead atoms. The molecule has 1 atom stereocenters. The number of likely N-dealkylation sites (tertiary alicyclic amines) is 1. The second-order valence-electron chi connectivity index (χ2n) is 6.28. The molecule has 1 amide bonds. The van der Waals surface area contributed by atoms with Crippen molar-refractivity contribution in [3.63, 3.8) is 0 Å². The van der Waals surface area contributed by atoms with Gasteiger partial charge in [0.2, 0.25) is 5.89 Å². The van der Waals surface area contributed by atoms with E-state index in [1.165, 1.54) is 18.4 Å². The Kier molecular flexibility index (Phi) is 3.82. The predicted molar refractivity (Wildman–Crippen MR) is 84.2 cm³/mol. The third-order valence-electron chi connectivity index (χ3n) is 4.57. The first-order valence-corrected chi connectivity index (χ1v) is 8.05. The molecule has 2 aliphatic heterocycles. The van der Waals surface area contributed by atoms with E-state index >= 15 is 0 Å². The van der Waals surface area contributed by atoms with Crippen LogP contribution in [-0.2, 0) is 13.0 Å². The number of benzene rings is 1. The van der Waals surface area contributed by atoms with Crippen molar-refractivity contribution >= 4 is 11.6 Å². The SMILES string of the molecule is O=C(c1coc(CN2CCC(O)C2)n1)N1CCc2ccc(F)cc21. The quantitative estimate of drug-likeness (QED) is 0.925. The summed E-state index contributed by atoms with van der Waals surface area (Å²) in [6, 6.07) is 4.50. The van der Waals surface area contributed by atoms with Gasteiger partial charge in [-0.15, -0.1) is 0 Å². The van der Waals surface area contributed by atoms with Crippen molar-refractivity contribution in [3.05, 3.63) is 47.4 Å². The summed E-state index contributed by atoms with van der Waals surface area (Å²) in [6.45, 7) is 2.35. The van der Waals surface area contributed by atoms with Crippen molar-refractivity contribution in [2.45, 2.75) is 25.5 Å². The van der Waals surface area contributed by atoms with Crippen molar-refractivity contribution in [3.8, 4) is 0 Å². The van der Waals surface area contributed by atoms with Crippen LogP contribution in [0.15, 0.2) is 28.9 Å². The maximum Gasteiger partial charge on any atom is 0.280 e. The second-order valence-corrected chi connectivity index (χ2v) is 6.28. The molecule has 0 saturated carbocycles. The average molecular weight is 331 g/mol. The number of rotatable bonds is 3. The lowest BCUT2D eigenvalue weighted by molar-refractivity contribution is 0.0984. The molecule has 7 heteroatoms. The van der Waals surface area contributed by atoms with Gasteiger partial charge in [0.25, 0.3) is 5.91 Å². The molecule has 1 unspecified atom stereocenters. The van der Waals surface area contributed by atoms with E-state index in [1.54, 1.807) is 11.0 Å². The zero-order valence-corrected chi connectivity index (χ0v) is 13.1. The summed E-state index contributed by atoms with van der Waals surface area (Å²) in [5.41, 5.74) is 1.79. The van der Waals surface area contributed by atoms with Crippen molar-refractivity contribution in [1.82, 2.24) is 9.88 Å². The smallest absolute Gasteiger partial charge is 0.280 e. The number of nitrogens with zero attached hydrogens (tertiary/aromatic N) is 3. The lowest BCUT2D eigenvalue weighted by Gasteiger charge is -2.15. The van der Waals surface area contributed by atoms with Gasteiger partial charge in [-0.1, -0.05) is 6.07 Å². The molecule has 1 fully saturated rings. The van der Waals surface area contributed by atoms with E-state index in [1.807, 2.05) is 4.90 Å². The van der Waals surface area contributed by atoms with E-state index in [0.717, 1.165) is 18.5 Å². The number of oxazole rings is 1. The number of fused-ring (bicyclic) bond motifs is 1. The number of aromatic nitrogens is 1. The number of anilines is 1. The monoisotopic (exact) mass is 331 g/mol. The fourth-order valence-electron chi connectivity index (χ4n) is 3.33. The molecule has 0 radical (unpaired) electrons. The van der Waals surface area contributed by atoms with E-state index in [4.69, 9.17) is 4.42 Å². The molecular formula is C17H18FN3O3. The Hall–Kier alpha value is -2.25. The first kappa shape index (κ1) is 15.3. The van der Waals surface area contributed by atoms with Crippen LogP contribution in [0.25, 0.3) is 0 Å². The van der Waals surface area contributed by atoms with Crippen LogP contribution in [0.1, 0.15) is 28.4 Å². The number of carbonyl (C=O) groups is 1. The first-order chi connectivity index (χ1) is 11.6. The highest BCUT2D eigenvalue weighted by Gasteiger charge is 2.28. The number of aliphatic hydroxyl groups excluding tert-OH is 1. The molecule has 24 heavy (non-hydrogen) atoms. The maximum absolute atomic E-state index is 13.5. The molecule has 1 aromatic heterocycles. The summed E-state index contributed by atoms with van der Waals surface area (Å²) in [6.07, 6.45) is 2.49. The summed E-state index contributed by atoms with van der Waals surface area (Å²) in [4.78, 5) is 20.5. The summed E-state index contributed by atoms with van der Waals surface area (Å²) in [5.74, 6) is -0.191. The Morgan fingerprint density at radius 1 is 1.42 bits per heavy atom. The van der Waals surface area contributed by atoms with Crippen molar-refractivity contribution in [2.75, 3.05) is 24.5 Å². The molecule has 0 spiro atoms. The van der Waals surface area contributed by atoms with Crippen molar-refractivity contribution < 1.29 is 18.7 Å². The Bertz CT molecular complexity index is 776. The standard InChI is InChI=1S/C17H18FN3O3/c18-12-2-1-11-3-6-21(15(11)7-12)17(23)14-10-24-16(19-14)9-20-5-4-13(22)8-20/h1-2,7,10,13,22H,3-6,8-9H2. The minimum absolute atomic E-state index is 0.224. The Morgan fingerprint density at radius 2 is 2.29 bits per heavy atom. The molecule has 1 saturated heterocycles. The van der Waals surface area contributed by atoms with Crippen LogP contribution in [0.2, 0.25) is 0 Å². The lowest BCUT2D eigenvalue weighted by atomic mass is 10.2. The zero-order valence-electron chi connectivity index (χ0n) is 13.1. The van der Waals surface area contributed by atoms with Crippen molar-refractivity contribution in [2.24, 2.45) is 0 Å². The summed E-state index contributed by atoms with van der Waals surface area (Å²) in [5, 5.41) is 9.55. The van der Waals surface area contributed by atoms with E-state index in [0.29, 0.717) is 37.6 Å². The van der Waals surface area contributed by atoms with Gasteiger partial charge >= 0.3 is 0 Å². The van der Waals surface area contributed by atoms with Crippen LogP contribution >= 0.6 is 0 Å².